The predicted octanol–water partition coefficient (Wildman–Crippen LogP) is 4.70. The van der Waals surface area contributed by atoms with Crippen LogP contribution >= 0.6 is 15.9 Å². The molecule has 0 heterocycles. The fourth-order valence-corrected chi connectivity index (χ4v) is 2.91. The topological polar surface area (TPSA) is 114 Å². The van der Waals surface area contributed by atoms with Gasteiger partial charge in [-0.2, -0.15) is 5.26 Å². The van der Waals surface area contributed by atoms with E-state index in [1.54, 1.807) is 12.1 Å². The zero-order valence-corrected chi connectivity index (χ0v) is 17.5. The summed E-state index contributed by atoms with van der Waals surface area (Å²) >= 11 is 3.42. The summed E-state index contributed by atoms with van der Waals surface area (Å²) in [6.45, 7) is 3.77. The Hall–Kier alpha value is -3.38. The number of ether oxygens (including phenoxy) is 2. The highest BCUT2D eigenvalue weighted by Crippen LogP contribution is 2.38. The van der Waals surface area contributed by atoms with Gasteiger partial charge in [0.1, 0.15) is 11.6 Å². The van der Waals surface area contributed by atoms with Gasteiger partial charge in [0.2, 0.25) is 0 Å². The molecule has 0 saturated heterocycles. The number of anilines is 1. The van der Waals surface area contributed by atoms with Gasteiger partial charge in [-0.05, 0) is 65.7 Å². The third-order valence-corrected chi connectivity index (χ3v) is 4.21. The number of benzene rings is 2. The Bertz CT molecular complexity index is 994. The van der Waals surface area contributed by atoms with E-state index in [0.717, 1.165) is 0 Å². The normalized spacial score (nSPS) is 11.0. The van der Waals surface area contributed by atoms with E-state index >= 15 is 0 Å². The van der Waals surface area contributed by atoms with Crippen LogP contribution < -0.4 is 14.8 Å². The molecule has 0 bridgehead atoms. The van der Waals surface area contributed by atoms with Crippen molar-refractivity contribution >= 4 is 39.3 Å². The molecule has 0 unspecified atom stereocenters. The van der Waals surface area contributed by atoms with Crippen molar-refractivity contribution in [3.8, 4) is 17.6 Å². The zero-order chi connectivity index (χ0) is 21.6. The number of nitriles is 1. The second-order valence-corrected chi connectivity index (χ2v) is 6.98. The number of carbonyl (C=O) groups excluding carboxylic acids is 1. The van der Waals surface area contributed by atoms with Gasteiger partial charge < -0.3 is 14.8 Å². The average Bonchev–Trinajstić information content (AvgIpc) is 2.67. The average molecular weight is 460 g/mol. The summed E-state index contributed by atoms with van der Waals surface area (Å²) in [5.74, 6) is 0.333. The molecule has 2 aromatic carbocycles. The summed E-state index contributed by atoms with van der Waals surface area (Å²) in [5.41, 5.74) is 0.649. The fourth-order valence-electron chi connectivity index (χ4n) is 2.35. The lowest BCUT2D eigenvalue weighted by molar-refractivity contribution is -0.384. The number of nitro benzene ring substituents is 1. The molecule has 0 spiro atoms. The maximum Gasteiger partial charge on any atom is 0.269 e. The molecule has 9 heteroatoms. The Labute approximate surface area is 176 Å². The Morgan fingerprint density at radius 1 is 1.31 bits per heavy atom. The van der Waals surface area contributed by atoms with Crippen molar-refractivity contribution in [2.45, 2.75) is 20.0 Å². The number of non-ortho nitro benzene ring substituents is 1. The van der Waals surface area contributed by atoms with Crippen molar-refractivity contribution in [3.63, 3.8) is 0 Å². The smallest absolute Gasteiger partial charge is 0.269 e. The molecule has 0 saturated carbocycles. The molecule has 0 fully saturated rings. The van der Waals surface area contributed by atoms with Crippen molar-refractivity contribution in [2.75, 3.05) is 12.4 Å². The molecule has 0 aromatic heterocycles. The van der Waals surface area contributed by atoms with E-state index in [1.807, 2.05) is 19.9 Å². The van der Waals surface area contributed by atoms with Gasteiger partial charge in [0.15, 0.2) is 11.5 Å². The van der Waals surface area contributed by atoms with Gasteiger partial charge in [0.05, 0.1) is 22.6 Å². The van der Waals surface area contributed by atoms with Crippen LogP contribution in [0.4, 0.5) is 11.4 Å². The number of nitrogens with one attached hydrogen (secondary N) is 1. The van der Waals surface area contributed by atoms with E-state index in [4.69, 9.17) is 9.47 Å². The highest BCUT2D eigenvalue weighted by molar-refractivity contribution is 9.10. The number of nitro groups is 1. The molecule has 0 radical (unpaired) electrons. The predicted molar refractivity (Wildman–Crippen MR) is 112 cm³/mol. The first kappa shape index (κ1) is 21.9. The van der Waals surface area contributed by atoms with Crippen LogP contribution in [0, 0.1) is 21.4 Å². The zero-order valence-electron chi connectivity index (χ0n) is 15.9. The molecule has 2 aromatic rings. The molecule has 0 aliphatic heterocycles. The molecular weight excluding hydrogens is 442 g/mol. The second-order valence-electron chi connectivity index (χ2n) is 6.13. The van der Waals surface area contributed by atoms with Crippen molar-refractivity contribution in [2.24, 2.45) is 0 Å². The van der Waals surface area contributed by atoms with Gasteiger partial charge in [-0.25, -0.2) is 0 Å². The lowest BCUT2D eigenvalue weighted by atomic mass is 10.1. The van der Waals surface area contributed by atoms with Gasteiger partial charge in [-0.15, -0.1) is 0 Å². The molecule has 150 valence electrons. The van der Waals surface area contributed by atoms with Crippen LogP contribution in [0.25, 0.3) is 6.08 Å². The lowest BCUT2D eigenvalue weighted by Crippen LogP contribution is -2.13. The van der Waals surface area contributed by atoms with Gasteiger partial charge in [0, 0.05) is 17.8 Å². The molecule has 0 atom stereocenters. The lowest BCUT2D eigenvalue weighted by Gasteiger charge is -2.16. The minimum Gasteiger partial charge on any atom is -0.493 e. The first-order valence-corrected chi connectivity index (χ1v) is 9.26. The highest BCUT2D eigenvalue weighted by Gasteiger charge is 2.15. The van der Waals surface area contributed by atoms with E-state index < -0.39 is 10.8 Å². The van der Waals surface area contributed by atoms with Crippen LogP contribution in [0.1, 0.15) is 19.4 Å². The summed E-state index contributed by atoms with van der Waals surface area (Å²) in [7, 11) is 1.49. The van der Waals surface area contributed by atoms with E-state index in [9.17, 15) is 20.2 Å². The number of hydrogen-bond donors (Lipinski definition) is 1. The Balaban J connectivity index is 2.28. The molecule has 1 N–H and O–H groups in total. The second kappa shape index (κ2) is 9.71. The number of halogens is 1. The molecule has 1 amide bonds. The number of methoxy groups -OCH3 is 1. The molecular formula is C20H18BrN3O5. The number of amides is 1. The van der Waals surface area contributed by atoms with E-state index in [-0.39, 0.29) is 17.4 Å². The third-order valence-electron chi connectivity index (χ3n) is 3.62. The molecule has 29 heavy (non-hydrogen) atoms. The number of nitrogens with zero attached hydrogens (tertiary/aromatic N) is 2. The Morgan fingerprint density at radius 2 is 1.97 bits per heavy atom. The number of carbonyl (C=O) groups is 1. The van der Waals surface area contributed by atoms with Crippen LogP contribution in [0.3, 0.4) is 0 Å². The third kappa shape index (κ3) is 5.80. The monoisotopic (exact) mass is 459 g/mol. The maximum atomic E-state index is 12.4. The summed E-state index contributed by atoms with van der Waals surface area (Å²) in [6, 6.07) is 10.5. The maximum absolute atomic E-state index is 12.4. The molecule has 2 rings (SSSR count). The van der Waals surface area contributed by atoms with Crippen molar-refractivity contribution in [3.05, 3.63) is 62.1 Å². The quantitative estimate of drug-likeness (QED) is 0.277. The number of hydrogen-bond acceptors (Lipinski definition) is 6. The molecule has 0 aliphatic rings. The molecule has 0 aliphatic carbocycles. The van der Waals surface area contributed by atoms with Gasteiger partial charge in [-0.1, -0.05) is 0 Å². The minimum atomic E-state index is -0.640. The van der Waals surface area contributed by atoms with Crippen molar-refractivity contribution in [1.82, 2.24) is 0 Å². The van der Waals surface area contributed by atoms with Crippen molar-refractivity contribution < 1.29 is 19.2 Å². The van der Waals surface area contributed by atoms with Crippen LogP contribution in [0.5, 0.6) is 11.5 Å². The van der Waals surface area contributed by atoms with Crippen molar-refractivity contribution in [1.29, 1.82) is 5.26 Å². The summed E-state index contributed by atoms with van der Waals surface area (Å²) in [4.78, 5) is 22.6. The van der Waals surface area contributed by atoms with Crippen LogP contribution in [-0.2, 0) is 4.79 Å². The van der Waals surface area contributed by atoms with E-state index in [1.165, 1.54) is 37.5 Å². The van der Waals surface area contributed by atoms with Gasteiger partial charge >= 0.3 is 0 Å². The largest absolute Gasteiger partial charge is 0.493 e. The van der Waals surface area contributed by atoms with E-state index in [2.05, 4.69) is 21.2 Å². The SMILES string of the molecule is COc1cc(/C=C(\C#N)C(=O)Nc2ccc([N+](=O)[O-])cc2)cc(Br)c1OC(C)C. The minimum absolute atomic E-state index is 0.0660. The Morgan fingerprint density at radius 3 is 2.48 bits per heavy atom. The van der Waals surface area contributed by atoms with Gasteiger partial charge in [0.25, 0.3) is 11.6 Å². The first-order chi connectivity index (χ1) is 13.7. The van der Waals surface area contributed by atoms with Crippen LogP contribution in [-0.4, -0.2) is 24.0 Å². The molecule has 8 nitrogen and oxygen atoms in total. The summed E-state index contributed by atoms with van der Waals surface area (Å²) in [6.07, 6.45) is 1.34. The van der Waals surface area contributed by atoms with Crippen LogP contribution in [0.2, 0.25) is 0 Å². The summed E-state index contributed by atoms with van der Waals surface area (Å²) in [5, 5.41) is 22.6. The summed E-state index contributed by atoms with van der Waals surface area (Å²) < 4.78 is 11.7. The fraction of sp³-hybridized carbons (Fsp3) is 0.200. The van der Waals surface area contributed by atoms with E-state index in [0.29, 0.717) is 27.2 Å². The van der Waals surface area contributed by atoms with Gasteiger partial charge in [-0.3, -0.25) is 14.9 Å². The standard InChI is InChI=1S/C20H18BrN3O5/c1-12(2)29-19-17(21)9-13(10-18(19)28-3)8-14(11-22)20(25)23-15-4-6-16(7-5-15)24(26)27/h4-10,12H,1-3H3,(H,23,25)/b14-8+. The van der Waals surface area contributed by atoms with Crippen LogP contribution in [0.15, 0.2) is 46.4 Å². The first-order valence-electron chi connectivity index (χ1n) is 8.47. The highest BCUT2D eigenvalue weighted by atomic mass is 79.9. The number of rotatable bonds is 7. The Kier molecular flexibility index (Phi) is 7.33.